The molecule has 0 aliphatic carbocycles. The average molecular weight is 413 g/mol. The molecule has 29 heavy (non-hydrogen) atoms. The number of carbonyl (C=O) groups excluding carboxylic acids is 2. The van der Waals surface area contributed by atoms with Crippen molar-refractivity contribution in [3.8, 4) is 0 Å². The maximum Gasteiger partial charge on any atom is 0.261 e. The predicted octanol–water partition coefficient (Wildman–Crippen LogP) is 3.13. The van der Waals surface area contributed by atoms with Gasteiger partial charge in [0, 0.05) is 37.3 Å². The fourth-order valence-electron chi connectivity index (χ4n) is 3.75. The van der Waals surface area contributed by atoms with E-state index in [0.717, 1.165) is 23.7 Å². The van der Waals surface area contributed by atoms with Crippen LogP contribution in [0.25, 0.3) is 0 Å². The number of imide groups is 1. The minimum atomic E-state index is -3.77. The van der Waals surface area contributed by atoms with Crippen LogP contribution in [0.2, 0.25) is 0 Å². The van der Waals surface area contributed by atoms with Gasteiger partial charge in [-0.25, -0.2) is 8.42 Å². The fourth-order valence-corrected chi connectivity index (χ4v) is 4.80. The Labute approximate surface area is 170 Å². The zero-order valence-corrected chi connectivity index (χ0v) is 16.8. The molecule has 0 radical (unpaired) electrons. The van der Waals surface area contributed by atoms with Crippen molar-refractivity contribution >= 4 is 38.9 Å². The van der Waals surface area contributed by atoms with Crippen LogP contribution >= 0.6 is 0 Å². The van der Waals surface area contributed by atoms with E-state index in [4.69, 9.17) is 0 Å². The molecule has 2 aliphatic rings. The summed E-state index contributed by atoms with van der Waals surface area (Å²) < 4.78 is 27.9. The van der Waals surface area contributed by atoms with Gasteiger partial charge in [0.25, 0.3) is 10.0 Å². The van der Waals surface area contributed by atoms with Crippen molar-refractivity contribution in [3.05, 3.63) is 48.5 Å². The molecule has 0 bridgehead atoms. The molecule has 2 aliphatic heterocycles. The molecule has 0 spiro atoms. The third-order valence-electron chi connectivity index (χ3n) is 5.30. The van der Waals surface area contributed by atoms with Crippen LogP contribution in [0.1, 0.15) is 32.1 Å². The normalized spacial score (nSPS) is 17.7. The molecule has 4 rings (SSSR count). The van der Waals surface area contributed by atoms with Gasteiger partial charge in [0.2, 0.25) is 11.8 Å². The monoisotopic (exact) mass is 413 g/mol. The zero-order valence-electron chi connectivity index (χ0n) is 16.0. The van der Waals surface area contributed by atoms with Gasteiger partial charge in [-0.2, -0.15) is 0 Å². The van der Waals surface area contributed by atoms with Crippen molar-refractivity contribution in [2.45, 2.75) is 37.0 Å². The first-order valence-electron chi connectivity index (χ1n) is 9.78. The van der Waals surface area contributed by atoms with Gasteiger partial charge in [-0.3, -0.25) is 19.2 Å². The first-order valence-corrected chi connectivity index (χ1v) is 11.3. The second-order valence-electron chi connectivity index (χ2n) is 7.32. The molecule has 7 nitrogen and oxygen atoms in total. The second kappa shape index (κ2) is 7.87. The van der Waals surface area contributed by atoms with E-state index in [1.54, 1.807) is 12.1 Å². The highest BCUT2D eigenvalue weighted by atomic mass is 32.2. The molecule has 2 aromatic carbocycles. The Morgan fingerprint density at radius 1 is 0.724 bits per heavy atom. The molecule has 0 saturated carbocycles. The van der Waals surface area contributed by atoms with Crippen LogP contribution in [0.5, 0.6) is 0 Å². The Hall–Kier alpha value is -2.87. The molecule has 0 aromatic heterocycles. The van der Waals surface area contributed by atoms with Crippen molar-refractivity contribution < 1.29 is 18.0 Å². The van der Waals surface area contributed by atoms with E-state index in [9.17, 15) is 18.0 Å². The Balaban J connectivity index is 1.47. The van der Waals surface area contributed by atoms with Gasteiger partial charge in [-0.05, 0) is 67.8 Å². The molecular weight excluding hydrogens is 390 g/mol. The predicted molar refractivity (Wildman–Crippen MR) is 111 cm³/mol. The number of nitrogens with one attached hydrogen (secondary N) is 1. The van der Waals surface area contributed by atoms with Crippen molar-refractivity contribution in [1.82, 2.24) is 0 Å². The lowest BCUT2D eigenvalue weighted by molar-refractivity contribution is -0.121. The number of piperidine rings is 1. The van der Waals surface area contributed by atoms with Crippen LogP contribution in [-0.2, 0) is 19.6 Å². The molecule has 0 atom stereocenters. The molecule has 2 fully saturated rings. The van der Waals surface area contributed by atoms with Crippen LogP contribution in [-0.4, -0.2) is 33.3 Å². The molecular formula is C21H23N3O4S. The zero-order chi connectivity index (χ0) is 20.4. The van der Waals surface area contributed by atoms with Crippen molar-refractivity contribution in [2.24, 2.45) is 0 Å². The Morgan fingerprint density at radius 3 is 1.86 bits per heavy atom. The molecule has 2 amide bonds. The van der Waals surface area contributed by atoms with Crippen LogP contribution in [0.4, 0.5) is 17.1 Å². The highest BCUT2D eigenvalue weighted by Crippen LogP contribution is 2.26. The van der Waals surface area contributed by atoms with Gasteiger partial charge in [0.15, 0.2) is 0 Å². The van der Waals surface area contributed by atoms with Gasteiger partial charge in [0.05, 0.1) is 10.6 Å². The van der Waals surface area contributed by atoms with E-state index in [0.29, 0.717) is 11.4 Å². The summed E-state index contributed by atoms with van der Waals surface area (Å²) in [5.41, 5.74) is 1.97. The Bertz CT molecular complexity index is 995. The molecule has 1 N–H and O–H groups in total. The maximum absolute atomic E-state index is 12.7. The quantitative estimate of drug-likeness (QED) is 0.761. The minimum absolute atomic E-state index is 0.0699. The fraction of sp³-hybridized carbons (Fsp3) is 0.333. The lowest BCUT2D eigenvalue weighted by Gasteiger charge is -2.28. The van der Waals surface area contributed by atoms with E-state index >= 15 is 0 Å². The van der Waals surface area contributed by atoms with Crippen molar-refractivity contribution in [2.75, 3.05) is 27.6 Å². The van der Waals surface area contributed by atoms with Gasteiger partial charge >= 0.3 is 0 Å². The summed E-state index contributed by atoms with van der Waals surface area (Å²) in [7, 11) is -3.77. The highest BCUT2D eigenvalue weighted by molar-refractivity contribution is 7.92. The third kappa shape index (κ3) is 4.12. The number of hydrogen-bond donors (Lipinski definition) is 1. The summed E-state index contributed by atoms with van der Waals surface area (Å²) in [4.78, 5) is 27.1. The molecule has 8 heteroatoms. The average Bonchev–Trinajstić information content (AvgIpc) is 3.07. The Kier molecular flexibility index (Phi) is 5.27. The van der Waals surface area contributed by atoms with E-state index in [-0.39, 0.29) is 29.6 Å². The van der Waals surface area contributed by atoms with E-state index in [1.165, 1.54) is 43.5 Å². The van der Waals surface area contributed by atoms with Crippen LogP contribution in [0.3, 0.4) is 0 Å². The summed E-state index contributed by atoms with van der Waals surface area (Å²) in [6.45, 7) is 2.05. The maximum atomic E-state index is 12.7. The van der Waals surface area contributed by atoms with Crippen molar-refractivity contribution in [3.63, 3.8) is 0 Å². The summed E-state index contributed by atoms with van der Waals surface area (Å²) in [5, 5.41) is 0. The van der Waals surface area contributed by atoms with Gasteiger partial charge in [0.1, 0.15) is 0 Å². The van der Waals surface area contributed by atoms with Crippen molar-refractivity contribution in [1.29, 1.82) is 0 Å². The van der Waals surface area contributed by atoms with E-state index in [1.807, 2.05) is 12.1 Å². The summed E-state index contributed by atoms with van der Waals surface area (Å²) in [6.07, 6.45) is 3.99. The summed E-state index contributed by atoms with van der Waals surface area (Å²) in [6, 6.07) is 13.1. The number of rotatable bonds is 5. The smallest absolute Gasteiger partial charge is 0.261 e. The number of sulfonamides is 1. The minimum Gasteiger partial charge on any atom is -0.372 e. The third-order valence-corrected chi connectivity index (χ3v) is 6.69. The van der Waals surface area contributed by atoms with E-state index < -0.39 is 10.0 Å². The number of carbonyl (C=O) groups is 2. The molecule has 2 saturated heterocycles. The van der Waals surface area contributed by atoms with E-state index in [2.05, 4.69) is 9.62 Å². The number of amides is 2. The summed E-state index contributed by atoms with van der Waals surface area (Å²) in [5.74, 6) is -0.532. The second-order valence-corrected chi connectivity index (χ2v) is 9.00. The standard InChI is InChI=1S/C21H23N3O4S/c25-20-12-13-21(26)24(20)18-8-10-19(11-9-18)29(27,28)22-16-4-6-17(7-5-16)23-14-2-1-3-15-23/h4-11,22H,1-3,12-15H2. The molecule has 152 valence electrons. The largest absolute Gasteiger partial charge is 0.372 e. The van der Waals surface area contributed by atoms with Crippen LogP contribution < -0.4 is 14.5 Å². The van der Waals surface area contributed by atoms with Gasteiger partial charge < -0.3 is 4.90 Å². The van der Waals surface area contributed by atoms with Gasteiger partial charge in [-0.15, -0.1) is 0 Å². The van der Waals surface area contributed by atoms with Crippen LogP contribution in [0.15, 0.2) is 53.4 Å². The highest BCUT2D eigenvalue weighted by Gasteiger charge is 2.30. The van der Waals surface area contributed by atoms with Crippen LogP contribution in [0, 0.1) is 0 Å². The number of benzene rings is 2. The molecule has 2 aromatic rings. The number of nitrogens with zero attached hydrogens (tertiary/aromatic N) is 2. The lowest BCUT2D eigenvalue weighted by Crippen LogP contribution is -2.29. The number of hydrogen-bond acceptors (Lipinski definition) is 5. The van der Waals surface area contributed by atoms with Gasteiger partial charge in [-0.1, -0.05) is 0 Å². The number of anilines is 3. The first-order chi connectivity index (χ1) is 13.9. The lowest BCUT2D eigenvalue weighted by atomic mass is 10.1. The molecule has 2 heterocycles. The summed E-state index contributed by atoms with van der Waals surface area (Å²) >= 11 is 0. The SMILES string of the molecule is O=C1CCC(=O)N1c1ccc(S(=O)(=O)Nc2ccc(N3CCCCC3)cc2)cc1. The first kappa shape index (κ1) is 19.4. The Morgan fingerprint density at radius 2 is 1.28 bits per heavy atom. The topological polar surface area (TPSA) is 86.8 Å². The molecule has 0 unspecified atom stereocenters.